The van der Waals surface area contributed by atoms with E-state index in [4.69, 9.17) is 0 Å². The van der Waals surface area contributed by atoms with E-state index in [1.165, 1.54) is 11.3 Å². The molecule has 0 fully saturated rings. The summed E-state index contributed by atoms with van der Waals surface area (Å²) in [5, 5.41) is 0. The van der Waals surface area contributed by atoms with E-state index in [0.717, 1.165) is 0 Å². The van der Waals surface area contributed by atoms with Crippen LogP contribution in [0.2, 0.25) is 0 Å². The van der Waals surface area contributed by atoms with Gasteiger partial charge in [-0.05, 0) is 13.0 Å². The summed E-state index contributed by atoms with van der Waals surface area (Å²) in [6.45, 7) is 4.24. The lowest BCUT2D eigenvalue weighted by Crippen LogP contribution is -2.31. The van der Waals surface area contributed by atoms with Crippen LogP contribution in [-0.4, -0.2) is 0 Å². The first-order chi connectivity index (χ1) is 4.22. The Morgan fingerprint density at radius 3 is 2.30 bits per heavy atom. The van der Waals surface area contributed by atoms with Crippen LogP contribution < -0.4 is 4.57 Å². The fourth-order valence-electron chi connectivity index (χ4n) is 0.827. The molecule has 0 radical (unpaired) electrons. The average molecular weight is 159 g/mol. The third-order valence-electron chi connectivity index (χ3n) is 1.76. The first kappa shape index (κ1) is 9.44. The molecule has 0 aliphatic carbocycles. The summed E-state index contributed by atoms with van der Waals surface area (Å²) >= 11 is 0. The van der Waals surface area contributed by atoms with Crippen molar-refractivity contribution in [3.63, 3.8) is 0 Å². The molecule has 2 heteroatoms. The van der Waals surface area contributed by atoms with Gasteiger partial charge >= 0.3 is 0 Å². The van der Waals surface area contributed by atoms with Crippen LogP contribution in [0.1, 0.15) is 11.3 Å². The van der Waals surface area contributed by atoms with Crippen LogP contribution in [0.5, 0.6) is 0 Å². The summed E-state index contributed by atoms with van der Waals surface area (Å²) in [6, 6.07) is 4.18. The largest absolute Gasteiger partial charge is 0.205 e. The number of pyridine rings is 1. The highest BCUT2D eigenvalue weighted by Crippen LogP contribution is 1.96. The fraction of sp³-hybridized carbons (Fsp3) is 0.375. The second-order valence-corrected chi connectivity index (χ2v) is 2.39. The third-order valence-corrected chi connectivity index (χ3v) is 1.76. The fourth-order valence-corrected chi connectivity index (χ4v) is 0.827. The molecule has 0 amide bonds. The Hall–Kier alpha value is -0.560. The molecule has 1 nitrogen and oxygen atoms in total. The lowest BCUT2D eigenvalue weighted by molar-refractivity contribution is -0.678. The van der Waals surface area contributed by atoms with Crippen LogP contribution in [0.3, 0.4) is 0 Å². The Kier molecular flexibility index (Phi) is 3.37. The minimum atomic E-state index is 0. The Bertz CT molecular complexity index is 200. The quantitative estimate of drug-likeness (QED) is 0.505. The zero-order chi connectivity index (χ0) is 6.85. The van der Waals surface area contributed by atoms with E-state index >= 15 is 0 Å². The summed E-state index contributed by atoms with van der Waals surface area (Å²) in [6.07, 6.45) is 2.06. The lowest BCUT2D eigenvalue weighted by Gasteiger charge is -1.94. The van der Waals surface area contributed by atoms with Crippen molar-refractivity contribution < 1.29 is 4.57 Å². The molecule has 0 bridgehead atoms. The predicted octanol–water partition coefficient (Wildman–Crippen LogP) is 1.55. The molecule has 0 aliphatic rings. The molecule has 1 aromatic rings. The minimum Gasteiger partial charge on any atom is -0.205 e. The number of rotatable bonds is 0. The van der Waals surface area contributed by atoms with Crippen LogP contribution in [0, 0.1) is 13.8 Å². The molecule has 56 valence electrons. The summed E-state index contributed by atoms with van der Waals surface area (Å²) in [7, 11) is 2.06. The minimum absolute atomic E-state index is 0. The SMILES string of the molecule is Cc1ccc[n+](C)c1C.Cl. The van der Waals surface area contributed by atoms with Crippen molar-refractivity contribution in [3.05, 3.63) is 29.6 Å². The molecule has 0 spiro atoms. The Balaban J connectivity index is 0.000000810. The third kappa shape index (κ3) is 1.71. The molecule has 0 saturated carbocycles. The van der Waals surface area contributed by atoms with Gasteiger partial charge in [0.05, 0.1) is 0 Å². The van der Waals surface area contributed by atoms with E-state index in [-0.39, 0.29) is 12.4 Å². The molecule has 0 N–H and O–H groups in total. The van der Waals surface area contributed by atoms with Gasteiger partial charge in [0.15, 0.2) is 11.9 Å². The maximum Gasteiger partial charge on any atom is 0.180 e. The first-order valence-corrected chi connectivity index (χ1v) is 3.13. The molecule has 0 atom stereocenters. The Labute approximate surface area is 68.1 Å². The molecule has 0 saturated heterocycles. The van der Waals surface area contributed by atoms with E-state index in [2.05, 4.69) is 43.8 Å². The van der Waals surface area contributed by atoms with Crippen molar-refractivity contribution in [2.24, 2.45) is 7.05 Å². The number of aromatic nitrogens is 1. The number of hydrogen-bond donors (Lipinski definition) is 0. The second-order valence-electron chi connectivity index (χ2n) is 2.39. The number of aryl methyl sites for hydroxylation is 2. The average Bonchev–Trinajstić information content (AvgIpc) is 1.83. The van der Waals surface area contributed by atoms with Gasteiger partial charge in [0.1, 0.15) is 7.05 Å². The lowest BCUT2D eigenvalue weighted by atomic mass is 10.2. The van der Waals surface area contributed by atoms with E-state index in [1.54, 1.807) is 0 Å². The molecule has 0 unspecified atom stereocenters. The Morgan fingerprint density at radius 2 is 1.90 bits per heavy atom. The summed E-state index contributed by atoms with van der Waals surface area (Å²) in [4.78, 5) is 0. The van der Waals surface area contributed by atoms with Crippen LogP contribution in [0.15, 0.2) is 18.3 Å². The predicted molar refractivity (Wildman–Crippen MR) is 44.3 cm³/mol. The van der Waals surface area contributed by atoms with Crippen LogP contribution in [0.4, 0.5) is 0 Å². The van der Waals surface area contributed by atoms with Gasteiger partial charge in [-0.15, -0.1) is 12.4 Å². The second kappa shape index (κ2) is 3.57. The number of nitrogens with zero attached hydrogens (tertiary/aromatic N) is 1. The van der Waals surface area contributed by atoms with Crippen molar-refractivity contribution in [2.75, 3.05) is 0 Å². The van der Waals surface area contributed by atoms with Crippen molar-refractivity contribution in [3.8, 4) is 0 Å². The molecule has 1 heterocycles. The maximum absolute atomic E-state index is 2.12. The molecule has 1 rings (SSSR count). The summed E-state index contributed by atoms with van der Waals surface area (Å²) in [5.74, 6) is 0. The Morgan fingerprint density at radius 1 is 1.30 bits per heavy atom. The van der Waals surface area contributed by atoms with Crippen molar-refractivity contribution in [2.45, 2.75) is 13.8 Å². The normalized spacial score (nSPS) is 8.70. The van der Waals surface area contributed by atoms with E-state index in [1.807, 2.05) is 0 Å². The topological polar surface area (TPSA) is 3.88 Å². The van der Waals surface area contributed by atoms with Gasteiger partial charge in [0.2, 0.25) is 0 Å². The molecular weight excluding hydrogens is 146 g/mol. The van der Waals surface area contributed by atoms with Crippen LogP contribution in [0.25, 0.3) is 0 Å². The standard InChI is InChI=1S/C8H12N.ClH/c1-7-5-4-6-9(3)8(7)2;/h4-6H,1-3H3;1H/q+1;. The smallest absolute Gasteiger partial charge is 0.180 e. The van der Waals surface area contributed by atoms with Crippen LogP contribution >= 0.6 is 12.4 Å². The van der Waals surface area contributed by atoms with Gasteiger partial charge in [-0.2, -0.15) is 0 Å². The summed E-state index contributed by atoms with van der Waals surface area (Å²) in [5.41, 5.74) is 2.68. The zero-order valence-electron chi connectivity index (χ0n) is 6.59. The highest BCUT2D eigenvalue weighted by atomic mass is 35.5. The van der Waals surface area contributed by atoms with Gasteiger partial charge < -0.3 is 0 Å². The van der Waals surface area contributed by atoms with E-state index in [0.29, 0.717) is 0 Å². The van der Waals surface area contributed by atoms with Crippen molar-refractivity contribution >= 4 is 12.4 Å². The summed E-state index contributed by atoms with van der Waals surface area (Å²) < 4.78 is 2.12. The zero-order valence-corrected chi connectivity index (χ0v) is 7.40. The maximum atomic E-state index is 2.12. The van der Waals surface area contributed by atoms with Gasteiger partial charge in [-0.3, -0.25) is 0 Å². The number of hydrogen-bond acceptors (Lipinski definition) is 0. The first-order valence-electron chi connectivity index (χ1n) is 3.13. The van der Waals surface area contributed by atoms with E-state index in [9.17, 15) is 0 Å². The van der Waals surface area contributed by atoms with Gasteiger partial charge in [-0.25, -0.2) is 4.57 Å². The van der Waals surface area contributed by atoms with Gasteiger partial charge in [0, 0.05) is 18.6 Å². The van der Waals surface area contributed by atoms with Crippen LogP contribution in [-0.2, 0) is 7.05 Å². The highest BCUT2D eigenvalue weighted by Gasteiger charge is 1.99. The monoisotopic (exact) mass is 158 g/mol. The highest BCUT2D eigenvalue weighted by molar-refractivity contribution is 5.85. The molecule has 0 aromatic carbocycles. The number of halogens is 1. The molecule has 0 aliphatic heterocycles. The molecular formula is C8H13ClN+. The molecule has 10 heavy (non-hydrogen) atoms. The van der Waals surface area contributed by atoms with E-state index < -0.39 is 0 Å². The van der Waals surface area contributed by atoms with Crippen molar-refractivity contribution in [1.82, 2.24) is 0 Å². The van der Waals surface area contributed by atoms with Crippen molar-refractivity contribution in [1.29, 1.82) is 0 Å². The van der Waals surface area contributed by atoms with Gasteiger partial charge in [-0.1, -0.05) is 0 Å². The molecule has 1 aromatic heterocycles. The van der Waals surface area contributed by atoms with Gasteiger partial charge in [0.25, 0.3) is 0 Å².